The van der Waals surface area contributed by atoms with Crippen LogP contribution >= 0.6 is 23.4 Å². The fraction of sp³-hybridized carbons (Fsp3) is 0.417. The molecule has 0 saturated carbocycles. The highest BCUT2D eigenvalue weighted by Gasteiger charge is 2.07. The Morgan fingerprint density at radius 1 is 1.38 bits per heavy atom. The van der Waals surface area contributed by atoms with E-state index in [-0.39, 0.29) is 5.91 Å². The van der Waals surface area contributed by atoms with E-state index in [4.69, 9.17) is 11.6 Å². The van der Waals surface area contributed by atoms with Crippen LogP contribution in [0.25, 0.3) is 0 Å². The average Bonchev–Trinajstić information content (AvgIpc) is 2.30. The summed E-state index contributed by atoms with van der Waals surface area (Å²) in [5.74, 6) is 0.471. The number of carbonyl (C=O) groups is 1. The smallest absolute Gasteiger partial charge is 0.223 e. The Morgan fingerprint density at radius 2 is 2.00 bits per heavy atom. The van der Waals surface area contributed by atoms with Crippen molar-refractivity contribution in [3.8, 4) is 0 Å². The molecule has 4 heteroatoms. The van der Waals surface area contributed by atoms with E-state index in [2.05, 4.69) is 24.3 Å². The summed E-state index contributed by atoms with van der Waals surface area (Å²) in [5, 5.41) is 0. The third-order valence-electron chi connectivity index (χ3n) is 2.31. The van der Waals surface area contributed by atoms with Gasteiger partial charge in [-0.15, -0.1) is 23.4 Å². The molecule has 1 aromatic carbocycles. The Bertz CT molecular complexity index is 339. The number of thioether (sulfide) groups is 1. The summed E-state index contributed by atoms with van der Waals surface area (Å²) in [7, 11) is 1.80. The van der Waals surface area contributed by atoms with Gasteiger partial charge in [0.1, 0.15) is 0 Å². The molecule has 0 radical (unpaired) electrons. The zero-order valence-corrected chi connectivity index (χ0v) is 11.1. The third kappa shape index (κ3) is 4.06. The van der Waals surface area contributed by atoms with Crippen molar-refractivity contribution < 1.29 is 4.79 Å². The maximum atomic E-state index is 11.5. The number of hydrogen-bond acceptors (Lipinski definition) is 2. The predicted octanol–water partition coefficient (Wildman–Crippen LogP) is 3.00. The Labute approximate surface area is 106 Å². The normalized spacial score (nSPS) is 10.2. The Kier molecular flexibility index (Phi) is 5.71. The molecular formula is C12H16ClNOS. The standard InChI is InChI=1S/C12H16ClNOS/c1-14(12(15)7-8-13)9-10-3-5-11(16-2)6-4-10/h3-6H,7-9H2,1-2H3. The van der Waals surface area contributed by atoms with Gasteiger partial charge in [-0.2, -0.15) is 0 Å². The molecule has 0 fully saturated rings. The Morgan fingerprint density at radius 3 is 2.50 bits per heavy atom. The summed E-state index contributed by atoms with van der Waals surface area (Å²) >= 11 is 7.25. The van der Waals surface area contributed by atoms with Crippen LogP contribution in [-0.4, -0.2) is 30.0 Å². The molecule has 0 spiro atoms. The number of amides is 1. The molecule has 1 rings (SSSR count). The molecule has 88 valence electrons. The highest BCUT2D eigenvalue weighted by molar-refractivity contribution is 7.98. The molecular weight excluding hydrogens is 242 g/mol. The summed E-state index contributed by atoms with van der Waals surface area (Å²) in [6.07, 6.45) is 2.45. The molecule has 0 aliphatic carbocycles. The van der Waals surface area contributed by atoms with Crippen molar-refractivity contribution in [3.63, 3.8) is 0 Å². The van der Waals surface area contributed by atoms with Gasteiger partial charge in [-0.25, -0.2) is 0 Å². The second-order valence-corrected chi connectivity index (χ2v) is 4.79. The van der Waals surface area contributed by atoms with Crippen molar-refractivity contribution in [2.75, 3.05) is 19.2 Å². The summed E-state index contributed by atoms with van der Waals surface area (Å²) in [6.45, 7) is 0.643. The van der Waals surface area contributed by atoms with Gasteiger partial charge in [0.25, 0.3) is 0 Å². The lowest BCUT2D eigenvalue weighted by molar-refractivity contribution is -0.129. The summed E-state index contributed by atoms with van der Waals surface area (Å²) in [5.41, 5.74) is 1.14. The number of hydrogen-bond donors (Lipinski definition) is 0. The van der Waals surface area contributed by atoms with Gasteiger partial charge >= 0.3 is 0 Å². The number of rotatable bonds is 5. The van der Waals surface area contributed by atoms with E-state index in [9.17, 15) is 4.79 Å². The molecule has 0 atom stereocenters. The molecule has 0 heterocycles. The number of benzene rings is 1. The van der Waals surface area contributed by atoms with Crippen molar-refractivity contribution in [1.82, 2.24) is 4.90 Å². The summed E-state index contributed by atoms with van der Waals surface area (Å²) in [4.78, 5) is 14.4. The van der Waals surface area contributed by atoms with Crippen molar-refractivity contribution in [2.45, 2.75) is 17.9 Å². The van der Waals surface area contributed by atoms with Gasteiger partial charge in [0.15, 0.2) is 0 Å². The third-order valence-corrected chi connectivity index (χ3v) is 3.25. The molecule has 2 nitrogen and oxygen atoms in total. The first kappa shape index (κ1) is 13.4. The fourth-order valence-corrected chi connectivity index (χ4v) is 1.93. The van der Waals surface area contributed by atoms with Crippen molar-refractivity contribution in [3.05, 3.63) is 29.8 Å². The van der Waals surface area contributed by atoms with Gasteiger partial charge in [-0.3, -0.25) is 4.79 Å². The first-order valence-electron chi connectivity index (χ1n) is 5.10. The summed E-state index contributed by atoms with van der Waals surface area (Å²) < 4.78 is 0. The van der Waals surface area contributed by atoms with Crippen LogP contribution in [0.2, 0.25) is 0 Å². The average molecular weight is 258 g/mol. The van der Waals surface area contributed by atoms with E-state index in [0.717, 1.165) is 5.56 Å². The second-order valence-electron chi connectivity index (χ2n) is 3.54. The van der Waals surface area contributed by atoms with Gasteiger partial charge in [0.05, 0.1) is 0 Å². The molecule has 0 N–H and O–H groups in total. The van der Waals surface area contributed by atoms with Gasteiger partial charge < -0.3 is 4.90 Å². The van der Waals surface area contributed by atoms with E-state index in [1.165, 1.54) is 4.90 Å². The fourth-order valence-electron chi connectivity index (χ4n) is 1.36. The van der Waals surface area contributed by atoms with Crippen molar-refractivity contribution in [1.29, 1.82) is 0 Å². The van der Waals surface area contributed by atoms with E-state index < -0.39 is 0 Å². The van der Waals surface area contributed by atoms with E-state index in [1.807, 2.05) is 6.26 Å². The zero-order chi connectivity index (χ0) is 12.0. The highest BCUT2D eigenvalue weighted by atomic mass is 35.5. The molecule has 0 aromatic heterocycles. The molecule has 0 aliphatic heterocycles. The molecule has 1 aromatic rings. The molecule has 0 unspecified atom stereocenters. The van der Waals surface area contributed by atoms with Gasteiger partial charge in [0, 0.05) is 30.8 Å². The van der Waals surface area contributed by atoms with E-state index >= 15 is 0 Å². The monoisotopic (exact) mass is 257 g/mol. The first-order valence-corrected chi connectivity index (χ1v) is 6.86. The number of halogens is 1. The molecule has 16 heavy (non-hydrogen) atoms. The minimum absolute atomic E-state index is 0.0870. The molecule has 0 aliphatic rings. The van der Waals surface area contributed by atoms with Crippen LogP contribution in [0.5, 0.6) is 0 Å². The topological polar surface area (TPSA) is 20.3 Å². The minimum Gasteiger partial charge on any atom is -0.341 e. The second kappa shape index (κ2) is 6.81. The highest BCUT2D eigenvalue weighted by Crippen LogP contribution is 2.15. The Balaban J connectivity index is 2.55. The molecule has 0 saturated heterocycles. The number of carbonyl (C=O) groups excluding carboxylic acids is 1. The van der Waals surface area contributed by atoms with Crippen LogP contribution in [0.3, 0.4) is 0 Å². The van der Waals surface area contributed by atoms with Crippen LogP contribution in [-0.2, 0) is 11.3 Å². The lowest BCUT2D eigenvalue weighted by atomic mass is 10.2. The number of nitrogens with zero attached hydrogens (tertiary/aromatic N) is 1. The number of alkyl halides is 1. The maximum Gasteiger partial charge on any atom is 0.223 e. The van der Waals surface area contributed by atoms with Crippen LogP contribution < -0.4 is 0 Å². The van der Waals surface area contributed by atoms with E-state index in [0.29, 0.717) is 18.8 Å². The summed E-state index contributed by atoms with van der Waals surface area (Å²) in [6, 6.07) is 8.24. The van der Waals surface area contributed by atoms with Crippen molar-refractivity contribution >= 4 is 29.3 Å². The first-order chi connectivity index (χ1) is 7.67. The van der Waals surface area contributed by atoms with E-state index in [1.54, 1.807) is 23.7 Å². The zero-order valence-electron chi connectivity index (χ0n) is 9.57. The quantitative estimate of drug-likeness (QED) is 0.597. The van der Waals surface area contributed by atoms with Gasteiger partial charge in [-0.05, 0) is 24.0 Å². The van der Waals surface area contributed by atoms with Gasteiger partial charge in [0.2, 0.25) is 5.91 Å². The van der Waals surface area contributed by atoms with Crippen molar-refractivity contribution in [2.24, 2.45) is 0 Å². The lowest BCUT2D eigenvalue weighted by Gasteiger charge is -2.16. The lowest BCUT2D eigenvalue weighted by Crippen LogP contribution is -2.26. The van der Waals surface area contributed by atoms with Crippen LogP contribution in [0, 0.1) is 0 Å². The van der Waals surface area contributed by atoms with Crippen LogP contribution in [0.1, 0.15) is 12.0 Å². The Hall–Kier alpha value is -0.670. The molecule has 0 bridgehead atoms. The van der Waals surface area contributed by atoms with Crippen LogP contribution in [0.4, 0.5) is 0 Å². The largest absolute Gasteiger partial charge is 0.341 e. The maximum absolute atomic E-state index is 11.5. The van der Waals surface area contributed by atoms with Gasteiger partial charge in [-0.1, -0.05) is 12.1 Å². The molecule has 1 amide bonds. The predicted molar refractivity (Wildman–Crippen MR) is 70.0 cm³/mol. The van der Waals surface area contributed by atoms with Crippen LogP contribution in [0.15, 0.2) is 29.2 Å². The SMILES string of the molecule is CSc1ccc(CN(C)C(=O)CCCl)cc1. The minimum atomic E-state index is 0.0870.